The predicted molar refractivity (Wildman–Crippen MR) is 62.3 cm³/mol. The summed E-state index contributed by atoms with van der Waals surface area (Å²) in [6.07, 6.45) is 2.10. The van der Waals surface area contributed by atoms with Gasteiger partial charge in [-0.25, -0.2) is 0 Å². The first-order valence-corrected chi connectivity index (χ1v) is 5.87. The summed E-state index contributed by atoms with van der Waals surface area (Å²) < 4.78 is 0. The highest BCUT2D eigenvalue weighted by Crippen LogP contribution is 2.39. The van der Waals surface area contributed by atoms with Crippen molar-refractivity contribution in [1.82, 2.24) is 10.2 Å². The van der Waals surface area contributed by atoms with E-state index in [1.165, 1.54) is 5.57 Å². The maximum absolute atomic E-state index is 11.4. The Kier molecular flexibility index (Phi) is 3.04. The maximum Gasteiger partial charge on any atom is 0.312 e. The lowest BCUT2D eigenvalue weighted by Gasteiger charge is -2.22. The van der Waals surface area contributed by atoms with Crippen LogP contribution in [0.25, 0.3) is 0 Å². The molecule has 2 aliphatic rings. The summed E-state index contributed by atoms with van der Waals surface area (Å²) in [5.74, 6) is -0.363. The molecule has 2 heterocycles. The van der Waals surface area contributed by atoms with Gasteiger partial charge in [0.1, 0.15) is 0 Å². The maximum atomic E-state index is 11.4. The second-order valence-corrected chi connectivity index (χ2v) is 5.09. The average molecular weight is 224 g/mol. The van der Waals surface area contributed by atoms with Crippen LogP contribution in [0.1, 0.15) is 13.8 Å². The van der Waals surface area contributed by atoms with Gasteiger partial charge in [0.05, 0.1) is 5.41 Å². The number of likely N-dealkylation sites (tertiary alicyclic amines) is 1. The van der Waals surface area contributed by atoms with Crippen molar-refractivity contribution in [1.29, 1.82) is 0 Å². The minimum absolute atomic E-state index is 0.273. The number of hydrogen-bond donors (Lipinski definition) is 2. The molecule has 2 saturated heterocycles. The molecule has 2 fully saturated rings. The highest BCUT2D eigenvalue weighted by molar-refractivity contribution is 5.77. The van der Waals surface area contributed by atoms with Crippen LogP contribution in [0.15, 0.2) is 11.6 Å². The van der Waals surface area contributed by atoms with Gasteiger partial charge >= 0.3 is 5.97 Å². The Hall–Kier alpha value is -0.870. The molecule has 0 aromatic heterocycles. The monoisotopic (exact) mass is 224 g/mol. The van der Waals surface area contributed by atoms with E-state index < -0.39 is 11.4 Å². The molecule has 0 amide bonds. The second kappa shape index (κ2) is 4.18. The zero-order chi connectivity index (χ0) is 11.8. The van der Waals surface area contributed by atoms with E-state index in [1.807, 2.05) is 6.92 Å². The van der Waals surface area contributed by atoms with Crippen LogP contribution in [-0.4, -0.2) is 48.7 Å². The molecule has 0 bridgehead atoms. The summed E-state index contributed by atoms with van der Waals surface area (Å²) >= 11 is 0. The first-order valence-electron chi connectivity index (χ1n) is 5.87. The Balaban J connectivity index is 2.08. The normalized spacial score (nSPS) is 35.4. The summed E-state index contributed by atoms with van der Waals surface area (Å²) in [5, 5.41) is 12.6. The SMILES string of the molecule is C/C=C(\C)CN1C[C@@H]2CNC[C@]2(C(=O)O)C1. The smallest absolute Gasteiger partial charge is 0.312 e. The Morgan fingerprint density at radius 1 is 1.69 bits per heavy atom. The van der Waals surface area contributed by atoms with Gasteiger partial charge in [0.2, 0.25) is 0 Å². The summed E-state index contributed by atoms with van der Waals surface area (Å²) in [5.41, 5.74) is 0.780. The van der Waals surface area contributed by atoms with E-state index in [0.717, 1.165) is 19.6 Å². The highest BCUT2D eigenvalue weighted by Gasteiger charge is 2.54. The number of carboxylic acid groups (broad SMARTS) is 1. The Bertz CT molecular complexity index is 327. The number of fused-ring (bicyclic) bond motifs is 1. The van der Waals surface area contributed by atoms with Crippen molar-refractivity contribution in [2.75, 3.05) is 32.7 Å². The fourth-order valence-electron chi connectivity index (χ4n) is 2.89. The summed E-state index contributed by atoms with van der Waals surface area (Å²) in [4.78, 5) is 13.7. The number of hydrogen-bond acceptors (Lipinski definition) is 3. The lowest BCUT2D eigenvalue weighted by atomic mass is 9.81. The fourth-order valence-corrected chi connectivity index (χ4v) is 2.89. The predicted octanol–water partition coefficient (Wildman–Crippen LogP) is 0.559. The lowest BCUT2D eigenvalue weighted by Crippen LogP contribution is -2.40. The molecule has 0 aromatic rings. The fraction of sp³-hybridized carbons (Fsp3) is 0.750. The molecule has 0 aliphatic carbocycles. The zero-order valence-electron chi connectivity index (χ0n) is 9.99. The molecule has 2 N–H and O–H groups in total. The average Bonchev–Trinajstić information content (AvgIpc) is 2.74. The molecule has 2 aliphatic heterocycles. The highest BCUT2D eigenvalue weighted by atomic mass is 16.4. The van der Waals surface area contributed by atoms with Crippen LogP contribution < -0.4 is 5.32 Å². The van der Waals surface area contributed by atoms with Crippen molar-refractivity contribution < 1.29 is 9.90 Å². The molecule has 0 aromatic carbocycles. The zero-order valence-corrected chi connectivity index (χ0v) is 9.99. The van der Waals surface area contributed by atoms with E-state index in [-0.39, 0.29) is 5.92 Å². The third-order valence-corrected chi connectivity index (χ3v) is 3.99. The van der Waals surface area contributed by atoms with Gasteiger partial charge in [-0.3, -0.25) is 9.69 Å². The number of nitrogens with zero attached hydrogens (tertiary/aromatic N) is 1. The minimum atomic E-state index is -0.636. The number of rotatable bonds is 3. The lowest BCUT2D eigenvalue weighted by molar-refractivity contribution is -0.148. The molecular formula is C12H20N2O2. The van der Waals surface area contributed by atoms with Gasteiger partial charge in [0.15, 0.2) is 0 Å². The molecule has 2 rings (SSSR count). The van der Waals surface area contributed by atoms with Gasteiger partial charge in [-0.15, -0.1) is 0 Å². The van der Waals surface area contributed by atoms with Gasteiger partial charge in [-0.1, -0.05) is 11.6 Å². The molecule has 16 heavy (non-hydrogen) atoms. The number of carboxylic acids is 1. The molecular weight excluding hydrogens is 204 g/mol. The third kappa shape index (κ3) is 1.76. The minimum Gasteiger partial charge on any atom is -0.481 e. The number of aliphatic carboxylic acids is 1. The van der Waals surface area contributed by atoms with Crippen LogP contribution in [0.3, 0.4) is 0 Å². The Labute approximate surface area is 96.3 Å². The van der Waals surface area contributed by atoms with Gasteiger partial charge in [0, 0.05) is 38.6 Å². The summed E-state index contributed by atoms with van der Waals surface area (Å²) in [6, 6.07) is 0. The van der Waals surface area contributed by atoms with Gasteiger partial charge in [-0.2, -0.15) is 0 Å². The van der Waals surface area contributed by atoms with E-state index >= 15 is 0 Å². The standard InChI is InChI=1S/C12H20N2O2/c1-3-9(2)5-14-6-10-4-13-7-12(10,8-14)11(15)16/h3,10,13H,4-8H2,1-2H3,(H,15,16)/b9-3+/t10-,12-/m0/s1. The molecule has 90 valence electrons. The quantitative estimate of drug-likeness (QED) is 0.688. The van der Waals surface area contributed by atoms with Gasteiger partial charge < -0.3 is 10.4 Å². The van der Waals surface area contributed by atoms with Gasteiger partial charge in [0.25, 0.3) is 0 Å². The van der Waals surface area contributed by atoms with Crippen molar-refractivity contribution in [3.05, 3.63) is 11.6 Å². The van der Waals surface area contributed by atoms with Crippen LogP contribution in [-0.2, 0) is 4.79 Å². The van der Waals surface area contributed by atoms with Crippen molar-refractivity contribution >= 4 is 5.97 Å². The Morgan fingerprint density at radius 2 is 2.44 bits per heavy atom. The van der Waals surface area contributed by atoms with Gasteiger partial charge in [-0.05, 0) is 13.8 Å². The largest absolute Gasteiger partial charge is 0.481 e. The molecule has 0 saturated carbocycles. The van der Waals surface area contributed by atoms with E-state index in [9.17, 15) is 9.90 Å². The van der Waals surface area contributed by atoms with E-state index in [0.29, 0.717) is 13.1 Å². The Morgan fingerprint density at radius 3 is 3.00 bits per heavy atom. The van der Waals surface area contributed by atoms with Crippen molar-refractivity contribution in [2.24, 2.45) is 11.3 Å². The van der Waals surface area contributed by atoms with E-state index in [4.69, 9.17) is 0 Å². The summed E-state index contributed by atoms with van der Waals surface area (Å²) in [7, 11) is 0. The first kappa shape index (κ1) is 11.6. The van der Waals surface area contributed by atoms with Crippen molar-refractivity contribution in [3.63, 3.8) is 0 Å². The summed E-state index contributed by atoms with van der Waals surface area (Å²) in [6.45, 7) is 8.09. The molecule has 4 heteroatoms. The molecule has 0 spiro atoms. The topological polar surface area (TPSA) is 52.6 Å². The number of carbonyl (C=O) groups is 1. The third-order valence-electron chi connectivity index (χ3n) is 3.99. The molecule has 0 unspecified atom stereocenters. The van der Waals surface area contributed by atoms with Crippen molar-refractivity contribution in [2.45, 2.75) is 13.8 Å². The van der Waals surface area contributed by atoms with Crippen LogP contribution >= 0.6 is 0 Å². The molecule has 0 radical (unpaired) electrons. The van der Waals surface area contributed by atoms with E-state index in [2.05, 4.69) is 23.2 Å². The van der Waals surface area contributed by atoms with Crippen LogP contribution in [0.2, 0.25) is 0 Å². The molecule has 2 atom stereocenters. The van der Waals surface area contributed by atoms with Crippen LogP contribution in [0.4, 0.5) is 0 Å². The van der Waals surface area contributed by atoms with Crippen molar-refractivity contribution in [3.8, 4) is 0 Å². The van der Waals surface area contributed by atoms with E-state index in [1.54, 1.807) is 0 Å². The van der Waals surface area contributed by atoms with Crippen LogP contribution in [0.5, 0.6) is 0 Å². The number of allylic oxidation sites excluding steroid dienone is 1. The second-order valence-electron chi connectivity index (χ2n) is 5.09. The first-order chi connectivity index (χ1) is 7.58. The molecule has 4 nitrogen and oxygen atoms in total. The van der Waals surface area contributed by atoms with Crippen LogP contribution in [0, 0.1) is 11.3 Å². The number of nitrogens with one attached hydrogen (secondary N) is 1.